The zero-order valence-corrected chi connectivity index (χ0v) is 15.7. The Hall–Kier alpha value is -3.11. The first-order chi connectivity index (χ1) is 13.2. The molecule has 0 saturated carbocycles. The number of hydrogen-bond acceptors (Lipinski definition) is 5. The van der Waals surface area contributed by atoms with Gasteiger partial charge in [0.2, 0.25) is 5.88 Å². The van der Waals surface area contributed by atoms with Gasteiger partial charge in [-0.25, -0.2) is 14.8 Å². The minimum atomic E-state index is -0.0580. The van der Waals surface area contributed by atoms with Crippen molar-refractivity contribution in [3.05, 3.63) is 51.8 Å². The van der Waals surface area contributed by atoms with E-state index in [1.54, 1.807) is 16.2 Å². The largest absolute Gasteiger partial charge is 0.474 e. The number of aromatic nitrogens is 2. The summed E-state index contributed by atoms with van der Waals surface area (Å²) in [5.41, 5.74) is 4.20. The van der Waals surface area contributed by atoms with Crippen LogP contribution in [-0.4, -0.2) is 47.1 Å². The van der Waals surface area contributed by atoms with Crippen LogP contribution in [0.25, 0.3) is 11.0 Å². The number of urea groups is 1. The van der Waals surface area contributed by atoms with E-state index in [4.69, 9.17) is 4.74 Å². The molecule has 136 valence electrons. The molecule has 0 spiro atoms. The first kappa shape index (κ1) is 17.3. The lowest BCUT2D eigenvalue weighted by Gasteiger charge is -2.14. The summed E-state index contributed by atoms with van der Waals surface area (Å²) in [5, 5.41) is 6.65. The van der Waals surface area contributed by atoms with Crippen LogP contribution in [-0.2, 0) is 0 Å². The number of fused-ring (bicyclic) bond motifs is 1. The molecule has 0 unspecified atom stereocenters. The molecule has 3 heterocycles. The van der Waals surface area contributed by atoms with Gasteiger partial charge in [-0.3, -0.25) is 0 Å². The van der Waals surface area contributed by atoms with E-state index in [1.165, 1.54) is 5.56 Å². The monoisotopic (exact) mass is 378 g/mol. The molecule has 6 nitrogen and oxygen atoms in total. The van der Waals surface area contributed by atoms with E-state index < -0.39 is 0 Å². The van der Waals surface area contributed by atoms with Gasteiger partial charge in [0.05, 0.1) is 6.54 Å². The number of hydrogen-bond donors (Lipinski definition) is 1. The summed E-state index contributed by atoms with van der Waals surface area (Å²) in [6.07, 6.45) is 0. The minimum absolute atomic E-state index is 0.0580. The van der Waals surface area contributed by atoms with Gasteiger partial charge in [-0.05, 0) is 25.0 Å². The third-order valence-corrected chi connectivity index (χ3v) is 4.92. The molecular weight excluding hydrogens is 360 g/mol. The van der Waals surface area contributed by atoms with Crippen molar-refractivity contribution in [1.29, 1.82) is 0 Å². The number of thiophene rings is 1. The van der Waals surface area contributed by atoms with Crippen LogP contribution in [0.1, 0.15) is 16.8 Å². The van der Waals surface area contributed by atoms with Crippen LogP contribution in [0.5, 0.6) is 5.88 Å². The molecule has 4 rings (SSSR count). The zero-order valence-electron chi connectivity index (χ0n) is 14.9. The summed E-state index contributed by atoms with van der Waals surface area (Å²) in [4.78, 5) is 22.5. The molecule has 2 amide bonds. The quantitative estimate of drug-likeness (QED) is 0.709. The normalized spacial score (nSPS) is 13.4. The average Bonchev–Trinajstić information content (AvgIpc) is 3.29. The fourth-order valence-electron chi connectivity index (χ4n) is 2.71. The molecule has 1 aromatic carbocycles. The first-order valence-corrected chi connectivity index (χ1v) is 9.61. The molecule has 0 radical (unpaired) electrons. The molecule has 1 fully saturated rings. The Labute approximate surface area is 161 Å². The lowest BCUT2D eigenvalue weighted by molar-refractivity contribution is 0.201. The standard InChI is InChI=1S/C20H18N4O2S/c1-14-2-4-15(5-3-14)6-7-16-19(23-18-13-27-12-17(18)22-16)26-11-10-24-9-8-21-20(24)25/h2-5,12-13H,8-11H2,1H3,(H,21,25). The van der Waals surface area contributed by atoms with Crippen LogP contribution in [0, 0.1) is 18.8 Å². The number of nitrogens with one attached hydrogen (secondary N) is 1. The Morgan fingerprint density at radius 3 is 2.70 bits per heavy atom. The molecule has 2 aromatic heterocycles. The molecule has 1 N–H and O–H groups in total. The van der Waals surface area contributed by atoms with Crippen molar-refractivity contribution in [2.75, 3.05) is 26.2 Å². The number of carbonyl (C=O) groups is 1. The number of amides is 2. The third kappa shape index (κ3) is 4.01. The van der Waals surface area contributed by atoms with Crippen molar-refractivity contribution in [3.63, 3.8) is 0 Å². The number of aryl methyl sites for hydroxylation is 1. The fourth-order valence-corrected chi connectivity index (χ4v) is 3.38. The maximum absolute atomic E-state index is 11.6. The molecule has 7 heteroatoms. The van der Waals surface area contributed by atoms with Gasteiger partial charge in [-0.1, -0.05) is 23.6 Å². The summed E-state index contributed by atoms with van der Waals surface area (Å²) >= 11 is 1.54. The van der Waals surface area contributed by atoms with Gasteiger partial charge in [0, 0.05) is 29.4 Å². The summed E-state index contributed by atoms with van der Waals surface area (Å²) in [5.74, 6) is 6.60. The lowest BCUT2D eigenvalue weighted by atomic mass is 10.1. The first-order valence-electron chi connectivity index (χ1n) is 8.67. The molecule has 1 saturated heterocycles. The molecule has 0 aliphatic carbocycles. The Kier molecular flexibility index (Phi) is 4.90. The maximum Gasteiger partial charge on any atom is 0.317 e. The van der Waals surface area contributed by atoms with Crippen LogP contribution in [0.4, 0.5) is 4.79 Å². The van der Waals surface area contributed by atoms with Crippen molar-refractivity contribution in [2.45, 2.75) is 6.92 Å². The van der Waals surface area contributed by atoms with Crippen molar-refractivity contribution in [3.8, 4) is 17.7 Å². The van der Waals surface area contributed by atoms with Gasteiger partial charge in [-0.15, -0.1) is 11.3 Å². The SMILES string of the molecule is Cc1ccc(C#Cc2nc3cscc3nc2OCCN2CCNC2=O)cc1. The van der Waals surface area contributed by atoms with Crippen LogP contribution in [0.2, 0.25) is 0 Å². The van der Waals surface area contributed by atoms with Gasteiger partial charge in [0.25, 0.3) is 0 Å². The van der Waals surface area contributed by atoms with E-state index in [0.29, 0.717) is 37.8 Å². The van der Waals surface area contributed by atoms with E-state index in [9.17, 15) is 4.79 Å². The maximum atomic E-state index is 11.6. The van der Waals surface area contributed by atoms with E-state index in [2.05, 4.69) is 27.1 Å². The summed E-state index contributed by atoms with van der Waals surface area (Å²) < 4.78 is 5.84. The van der Waals surface area contributed by atoms with E-state index >= 15 is 0 Å². The van der Waals surface area contributed by atoms with Gasteiger partial charge >= 0.3 is 6.03 Å². The molecule has 3 aromatic rings. The Morgan fingerprint density at radius 1 is 1.19 bits per heavy atom. The highest BCUT2D eigenvalue weighted by molar-refractivity contribution is 7.09. The Bertz CT molecular complexity index is 1030. The zero-order chi connectivity index (χ0) is 18.6. The molecular formula is C20H18N4O2S. The summed E-state index contributed by atoms with van der Waals surface area (Å²) in [7, 11) is 0. The number of benzene rings is 1. The van der Waals surface area contributed by atoms with Gasteiger partial charge in [0.1, 0.15) is 17.6 Å². The van der Waals surface area contributed by atoms with Crippen LogP contribution in [0.15, 0.2) is 35.0 Å². The van der Waals surface area contributed by atoms with Crippen LogP contribution >= 0.6 is 11.3 Å². The summed E-state index contributed by atoms with van der Waals surface area (Å²) in [6, 6.07) is 7.95. The molecule has 27 heavy (non-hydrogen) atoms. The molecule has 1 aliphatic rings. The minimum Gasteiger partial charge on any atom is -0.474 e. The number of carbonyl (C=O) groups excluding carboxylic acids is 1. The van der Waals surface area contributed by atoms with E-state index in [0.717, 1.165) is 16.6 Å². The molecule has 0 atom stereocenters. The van der Waals surface area contributed by atoms with Crippen molar-refractivity contribution < 1.29 is 9.53 Å². The van der Waals surface area contributed by atoms with Crippen molar-refractivity contribution >= 4 is 28.4 Å². The predicted molar refractivity (Wildman–Crippen MR) is 105 cm³/mol. The van der Waals surface area contributed by atoms with E-state index in [-0.39, 0.29) is 6.03 Å². The fraction of sp³-hybridized carbons (Fsp3) is 0.250. The van der Waals surface area contributed by atoms with Crippen molar-refractivity contribution in [1.82, 2.24) is 20.2 Å². The number of nitrogens with zero attached hydrogens (tertiary/aromatic N) is 3. The van der Waals surface area contributed by atoms with Gasteiger partial charge < -0.3 is 15.0 Å². The van der Waals surface area contributed by atoms with Gasteiger partial charge in [-0.2, -0.15) is 0 Å². The van der Waals surface area contributed by atoms with E-state index in [1.807, 2.05) is 41.9 Å². The summed E-state index contributed by atoms with van der Waals surface area (Å²) in [6.45, 7) is 4.25. The topological polar surface area (TPSA) is 67.4 Å². The highest BCUT2D eigenvalue weighted by atomic mass is 32.1. The molecule has 0 bridgehead atoms. The second kappa shape index (κ2) is 7.64. The van der Waals surface area contributed by atoms with Crippen molar-refractivity contribution in [2.24, 2.45) is 0 Å². The van der Waals surface area contributed by atoms with Crippen LogP contribution < -0.4 is 10.1 Å². The highest BCUT2D eigenvalue weighted by Crippen LogP contribution is 2.21. The van der Waals surface area contributed by atoms with Crippen LogP contribution in [0.3, 0.4) is 0 Å². The lowest BCUT2D eigenvalue weighted by Crippen LogP contribution is -2.32. The number of rotatable bonds is 4. The average molecular weight is 378 g/mol. The van der Waals surface area contributed by atoms with Gasteiger partial charge in [0.15, 0.2) is 5.69 Å². The smallest absolute Gasteiger partial charge is 0.317 e. The predicted octanol–water partition coefficient (Wildman–Crippen LogP) is 2.80. The second-order valence-electron chi connectivity index (χ2n) is 6.20. The highest BCUT2D eigenvalue weighted by Gasteiger charge is 2.19. The Balaban J connectivity index is 1.56. The molecule has 1 aliphatic heterocycles. The number of ether oxygens (including phenoxy) is 1. The second-order valence-corrected chi connectivity index (χ2v) is 6.95. The third-order valence-electron chi connectivity index (χ3n) is 4.20. The Morgan fingerprint density at radius 2 is 1.96 bits per heavy atom.